The lowest BCUT2D eigenvalue weighted by atomic mass is 10.1. The Bertz CT molecular complexity index is 568. The van der Waals surface area contributed by atoms with Gasteiger partial charge in [-0.3, -0.25) is 0 Å². The van der Waals surface area contributed by atoms with Crippen molar-refractivity contribution >= 4 is 11.3 Å². The van der Waals surface area contributed by atoms with Crippen LogP contribution in [0.15, 0.2) is 17.9 Å². The molecule has 0 saturated heterocycles. The molecule has 0 spiro atoms. The lowest BCUT2D eigenvalue weighted by Crippen LogP contribution is -2.26. The fourth-order valence-electron chi connectivity index (χ4n) is 2.30. The number of nitrogens with zero attached hydrogens (tertiary/aromatic N) is 3. The van der Waals surface area contributed by atoms with E-state index >= 15 is 0 Å². The van der Waals surface area contributed by atoms with Crippen LogP contribution in [0.5, 0.6) is 0 Å². The maximum Gasteiger partial charge on any atom is 0.116 e. The second-order valence-corrected chi connectivity index (χ2v) is 6.63. The summed E-state index contributed by atoms with van der Waals surface area (Å²) < 4.78 is 2.20. The quantitative estimate of drug-likeness (QED) is 0.887. The van der Waals surface area contributed by atoms with E-state index in [4.69, 9.17) is 4.98 Å². The molecule has 1 saturated carbocycles. The average Bonchev–Trinajstić information content (AvgIpc) is 2.96. The second-order valence-electron chi connectivity index (χ2n) is 5.74. The molecule has 0 amide bonds. The number of thiazole rings is 1. The molecule has 2 heterocycles. The van der Waals surface area contributed by atoms with Crippen LogP contribution in [-0.2, 0) is 6.54 Å². The van der Waals surface area contributed by atoms with Crippen molar-refractivity contribution in [2.75, 3.05) is 0 Å². The third-order valence-electron chi connectivity index (χ3n) is 3.74. The fraction of sp³-hybridized carbons (Fsp3) is 0.600. The summed E-state index contributed by atoms with van der Waals surface area (Å²) in [5, 5.41) is 7.08. The Morgan fingerprint density at radius 2 is 2.25 bits per heavy atom. The van der Waals surface area contributed by atoms with E-state index in [0.29, 0.717) is 12.0 Å². The first-order valence-electron chi connectivity index (χ1n) is 7.40. The monoisotopic (exact) mass is 290 g/mol. The molecule has 2 aromatic heterocycles. The van der Waals surface area contributed by atoms with Gasteiger partial charge in [0.2, 0.25) is 0 Å². The summed E-state index contributed by atoms with van der Waals surface area (Å²) in [5.41, 5.74) is 2.42. The summed E-state index contributed by atoms with van der Waals surface area (Å²) in [4.78, 5) is 9.15. The number of rotatable bonds is 6. The number of hydrogen-bond acceptors (Lipinski definition) is 4. The largest absolute Gasteiger partial charge is 0.333 e. The van der Waals surface area contributed by atoms with Crippen LogP contribution in [-0.4, -0.2) is 20.6 Å². The minimum atomic E-state index is 0.183. The first-order chi connectivity index (χ1) is 9.69. The minimum Gasteiger partial charge on any atom is -0.333 e. The van der Waals surface area contributed by atoms with E-state index < -0.39 is 0 Å². The molecule has 20 heavy (non-hydrogen) atoms. The molecule has 108 valence electrons. The summed E-state index contributed by atoms with van der Waals surface area (Å²) in [6.45, 7) is 7.48. The van der Waals surface area contributed by atoms with E-state index in [1.54, 1.807) is 11.3 Å². The van der Waals surface area contributed by atoms with Gasteiger partial charge in [-0.05, 0) is 25.7 Å². The predicted molar refractivity (Wildman–Crippen MR) is 82.1 cm³/mol. The molecule has 5 heteroatoms. The van der Waals surface area contributed by atoms with Crippen molar-refractivity contribution in [3.05, 3.63) is 34.3 Å². The van der Waals surface area contributed by atoms with Crippen molar-refractivity contribution in [3.8, 4) is 0 Å². The Labute approximate surface area is 124 Å². The molecule has 0 aromatic carbocycles. The molecule has 1 aliphatic carbocycles. The Hall–Kier alpha value is -1.20. The molecule has 0 radical (unpaired) electrons. The standard InChI is InChI=1S/C15H22N4S/c1-4-19-9-16-7-13(19)14(17-11-5-6-11)15-18-12(8-20-15)10(2)3/h7-11,14,17H,4-6H2,1-3H3. The van der Waals surface area contributed by atoms with Gasteiger partial charge in [0.25, 0.3) is 0 Å². The number of imidazole rings is 1. The highest BCUT2D eigenvalue weighted by atomic mass is 32.1. The van der Waals surface area contributed by atoms with Crippen molar-refractivity contribution in [3.63, 3.8) is 0 Å². The van der Waals surface area contributed by atoms with Crippen molar-refractivity contribution in [2.45, 2.75) is 58.2 Å². The third-order valence-corrected chi connectivity index (χ3v) is 4.67. The molecule has 1 fully saturated rings. The number of hydrogen-bond donors (Lipinski definition) is 1. The lowest BCUT2D eigenvalue weighted by Gasteiger charge is -2.17. The lowest BCUT2D eigenvalue weighted by molar-refractivity contribution is 0.551. The van der Waals surface area contributed by atoms with Gasteiger partial charge < -0.3 is 9.88 Å². The highest BCUT2D eigenvalue weighted by Gasteiger charge is 2.29. The Morgan fingerprint density at radius 3 is 2.85 bits per heavy atom. The molecule has 3 rings (SSSR count). The fourth-order valence-corrected chi connectivity index (χ4v) is 3.35. The average molecular weight is 290 g/mol. The van der Waals surface area contributed by atoms with Gasteiger partial charge in [0.05, 0.1) is 23.9 Å². The summed E-state index contributed by atoms with van der Waals surface area (Å²) in [6, 6.07) is 0.828. The molecular weight excluding hydrogens is 268 g/mol. The van der Waals surface area contributed by atoms with Crippen LogP contribution in [0.3, 0.4) is 0 Å². The van der Waals surface area contributed by atoms with Crippen LogP contribution < -0.4 is 5.32 Å². The van der Waals surface area contributed by atoms with Gasteiger partial charge in [-0.25, -0.2) is 9.97 Å². The predicted octanol–water partition coefficient (Wildman–Crippen LogP) is 3.32. The minimum absolute atomic E-state index is 0.183. The van der Waals surface area contributed by atoms with Crippen LogP contribution in [0.2, 0.25) is 0 Å². The first kappa shape index (κ1) is 13.8. The zero-order valence-corrected chi connectivity index (χ0v) is 13.2. The van der Waals surface area contributed by atoms with E-state index in [2.05, 4.69) is 41.0 Å². The SMILES string of the molecule is CCn1cncc1C(NC1CC1)c1nc(C(C)C)cs1. The number of aromatic nitrogens is 3. The van der Waals surface area contributed by atoms with Crippen LogP contribution in [0.1, 0.15) is 62.0 Å². The Balaban J connectivity index is 1.92. The van der Waals surface area contributed by atoms with E-state index in [0.717, 1.165) is 11.6 Å². The Kier molecular flexibility index (Phi) is 3.89. The summed E-state index contributed by atoms with van der Waals surface area (Å²) >= 11 is 1.76. The molecule has 1 atom stereocenters. The molecule has 1 aliphatic rings. The van der Waals surface area contributed by atoms with Crippen LogP contribution in [0.25, 0.3) is 0 Å². The van der Waals surface area contributed by atoms with E-state index in [1.807, 2.05) is 12.5 Å². The molecule has 1 unspecified atom stereocenters. The highest BCUT2D eigenvalue weighted by molar-refractivity contribution is 7.09. The van der Waals surface area contributed by atoms with Crippen molar-refractivity contribution < 1.29 is 0 Å². The highest BCUT2D eigenvalue weighted by Crippen LogP contribution is 2.31. The zero-order chi connectivity index (χ0) is 14.1. The first-order valence-corrected chi connectivity index (χ1v) is 8.28. The smallest absolute Gasteiger partial charge is 0.116 e. The van der Waals surface area contributed by atoms with Gasteiger partial charge in [-0.1, -0.05) is 13.8 Å². The maximum atomic E-state index is 4.84. The van der Waals surface area contributed by atoms with E-state index in [1.165, 1.54) is 24.2 Å². The maximum absolute atomic E-state index is 4.84. The van der Waals surface area contributed by atoms with Gasteiger partial charge in [0, 0.05) is 18.0 Å². The van der Waals surface area contributed by atoms with Crippen molar-refractivity contribution in [2.24, 2.45) is 0 Å². The van der Waals surface area contributed by atoms with Gasteiger partial charge >= 0.3 is 0 Å². The van der Waals surface area contributed by atoms with Gasteiger partial charge in [0.15, 0.2) is 0 Å². The van der Waals surface area contributed by atoms with Gasteiger partial charge in [-0.2, -0.15) is 0 Å². The van der Waals surface area contributed by atoms with Crippen LogP contribution >= 0.6 is 11.3 Å². The molecule has 1 N–H and O–H groups in total. The molecule has 0 aliphatic heterocycles. The number of aryl methyl sites for hydroxylation is 1. The van der Waals surface area contributed by atoms with Crippen LogP contribution in [0.4, 0.5) is 0 Å². The molecule has 0 bridgehead atoms. The van der Waals surface area contributed by atoms with Gasteiger partial charge in [0.1, 0.15) is 11.0 Å². The van der Waals surface area contributed by atoms with Gasteiger partial charge in [-0.15, -0.1) is 11.3 Å². The zero-order valence-electron chi connectivity index (χ0n) is 12.3. The topological polar surface area (TPSA) is 42.7 Å². The molecule has 2 aromatic rings. The van der Waals surface area contributed by atoms with E-state index in [-0.39, 0.29) is 6.04 Å². The number of nitrogens with one attached hydrogen (secondary N) is 1. The second kappa shape index (κ2) is 5.66. The molecular formula is C15H22N4S. The summed E-state index contributed by atoms with van der Waals surface area (Å²) in [6.07, 6.45) is 6.44. The Morgan fingerprint density at radius 1 is 1.45 bits per heavy atom. The van der Waals surface area contributed by atoms with Crippen molar-refractivity contribution in [1.82, 2.24) is 19.9 Å². The van der Waals surface area contributed by atoms with E-state index in [9.17, 15) is 0 Å². The van der Waals surface area contributed by atoms with Crippen LogP contribution in [0, 0.1) is 0 Å². The summed E-state index contributed by atoms with van der Waals surface area (Å²) in [7, 11) is 0. The normalized spacial score (nSPS) is 16.8. The third kappa shape index (κ3) is 2.79. The van der Waals surface area contributed by atoms with Crippen molar-refractivity contribution in [1.29, 1.82) is 0 Å². The molecule has 4 nitrogen and oxygen atoms in total. The summed E-state index contributed by atoms with van der Waals surface area (Å²) in [5.74, 6) is 0.484.